The number of amides is 1. The lowest BCUT2D eigenvalue weighted by atomic mass is 10.0. The van der Waals surface area contributed by atoms with Crippen molar-refractivity contribution in [2.75, 3.05) is 13.2 Å². The van der Waals surface area contributed by atoms with E-state index in [1.807, 2.05) is 18.2 Å². The van der Waals surface area contributed by atoms with Crippen LogP contribution in [0.5, 0.6) is 0 Å². The van der Waals surface area contributed by atoms with Crippen LogP contribution >= 0.6 is 0 Å². The molecule has 1 unspecified atom stereocenters. The number of aliphatic hydroxyl groups is 1. The van der Waals surface area contributed by atoms with Crippen LogP contribution in [-0.2, 0) is 17.6 Å². The first kappa shape index (κ1) is 18.0. The zero-order chi connectivity index (χ0) is 17.4. The molecule has 1 aromatic carbocycles. The summed E-state index contributed by atoms with van der Waals surface area (Å²) in [6.45, 7) is 0.229. The third-order valence-electron chi connectivity index (χ3n) is 3.72. The fourth-order valence-corrected chi connectivity index (χ4v) is 2.35. The lowest BCUT2D eigenvalue weighted by Gasteiger charge is -2.14. The Kier molecular flexibility index (Phi) is 6.81. The van der Waals surface area contributed by atoms with Crippen LogP contribution in [-0.4, -0.2) is 29.1 Å². The number of nitrogens with zero attached hydrogens (tertiary/aromatic N) is 1. The van der Waals surface area contributed by atoms with Crippen molar-refractivity contribution >= 4 is 5.91 Å². The molecule has 0 spiro atoms. The van der Waals surface area contributed by atoms with Crippen LogP contribution in [0.4, 0.5) is 8.78 Å². The van der Waals surface area contributed by atoms with Crippen molar-refractivity contribution in [1.29, 1.82) is 0 Å². The minimum absolute atomic E-state index is 0.0576. The summed E-state index contributed by atoms with van der Waals surface area (Å²) in [7, 11) is 0. The molecule has 24 heavy (non-hydrogen) atoms. The summed E-state index contributed by atoms with van der Waals surface area (Å²) in [4.78, 5) is 16.0. The molecule has 0 saturated carbocycles. The Morgan fingerprint density at radius 2 is 2.04 bits per heavy atom. The van der Waals surface area contributed by atoms with E-state index in [4.69, 9.17) is 0 Å². The second-order valence-electron chi connectivity index (χ2n) is 5.59. The highest BCUT2D eigenvalue weighted by atomic mass is 19.2. The van der Waals surface area contributed by atoms with Crippen LogP contribution in [0.3, 0.4) is 0 Å². The van der Waals surface area contributed by atoms with Crippen LogP contribution < -0.4 is 5.32 Å². The minimum Gasteiger partial charge on any atom is -0.396 e. The van der Waals surface area contributed by atoms with E-state index in [-0.39, 0.29) is 36.8 Å². The average Bonchev–Trinajstić information content (AvgIpc) is 2.60. The summed E-state index contributed by atoms with van der Waals surface area (Å²) in [5.41, 5.74) is 1.02. The highest BCUT2D eigenvalue weighted by Crippen LogP contribution is 2.13. The molecule has 128 valence electrons. The summed E-state index contributed by atoms with van der Waals surface area (Å²) in [5, 5.41) is 12.1. The molecule has 1 heterocycles. The number of nitrogens with one attached hydrogen (secondary N) is 1. The summed E-state index contributed by atoms with van der Waals surface area (Å²) in [6, 6.07) is 9.46. The fraction of sp³-hybridized carbons (Fsp3) is 0.333. The van der Waals surface area contributed by atoms with E-state index >= 15 is 0 Å². The largest absolute Gasteiger partial charge is 0.396 e. The van der Waals surface area contributed by atoms with E-state index in [0.29, 0.717) is 13.0 Å². The molecule has 2 rings (SSSR count). The molecule has 4 nitrogen and oxygen atoms in total. The summed E-state index contributed by atoms with van der Waals surface area (Å²) < 4.78 is 26.6. The van der Waals surface area contributed by atoms with Crippen molar-refractivity contribution in [1.82, 2.24) is 10.3 Å². The fourth-order valence-electron chi connectivity index (χ4n) is 2.35. The van der Waals surface area contributed by atoms with Gasteiger partial charge in [0.15, 0.2) is 11.6 Å². The monoisotopic (exact) mass is 334 g/mol. The highest BCUT2D eigenvalue weighted by Gasteiger charge is 2.13. The topological polar surface area (TPSA) is 62.2 Å². The molecule has 1 atom stereocenters. The summed E-state index contributed by atoms with van der Waals surface area (Å²) in [5.74, 6) is -2.23. The molecule has 0 aliphatic carbocycles. The number of aromatic nitrogens is 1. The lowest BCUT2D eigenvalue weighted by Crippen LogP contribution is -2.32. The predicted molar refractivity (Wildman–Crippen MR) is 86.2 cm³/mol. The molecule has 2 aromatic rings. The zero-order valence-corrected chi connectivity index (χ0v) is 13.2. The normalized spacial score (nSPS) is 12.0. The number of pyridine rings is 1. The van der Waals surface area contributed by atoms with Crippen molar-refractivity contribution in [3.05, 3.63) is 65.5 Å². The van der Waals surface area contributed by atoms with Gasteiger partial charge in [-0.25, -0.2) is 8.78 Å². The predicted octanol–water partition coefficient (Wildman–Crippen LogP) is 2.26. The van der Waals surface area contributed by atoms with Crippen LogP contribution in [0, 0.1) is 17.6 Å². The average molecular weight is 334 g/mol. The molecule has 0 bridgehead atoms. The van der Waals surface area contributed by atoms with Crippen molar-refractivity contribution in [3.8, 4) is 0 Å². The SMILES string of the molecule is O=C(CCc1cccc(F)c1F)NCC(CO)Cc1ccccn1. The molecule has 0 radical (unpaired) electrons. The Morgan fingerprint density at radius 3 is 2.75 bits per heavy atom. The van der Waals surface area contributed by atoms with Crippen molar-refractivity contribution in [3.63, 3.8) is 0 Å². The van der Waals surface area contributed by atoms with Gasteiger partial charge in [-0.1, -0.05) is 18.2 Å². The maximum absolute atomic E-state index is 13.5. The molecule has 6 heteroatoms. The lowest BCUT2D eigenvalue weighted by molar-refractivity contribution is -0.121. The van der Waals surface area contributed by atoms with E-state index in [1.54, 1.807) is 6.20 Å². The van der Waals surface area contributed by atoms with Gasteiger partial charge in [-0.2, -0.15) is 0 Å². The van der Waals surface area contributed by atoms with Gasteiger partial charge >= 0.3 is 0 Å². The van der Waals surface area contributed by atoms with E-state index in [1.165, 1.54) is 12.1 Å². The molecule has 0 saturated heterocycles. The first-order valence-electron chi connectivity index (χ1n) is 7.80. The number of aryl methyl sites for hydroxylation is 1. The first-order chi connectivity index (χ1) is 11.6. The van der Waals surface area contributed by atoms with Crippen LogP contribution in [0.15, 0.2) is 42.6 Å². The molecule has 0 aliphatic heterocycles. The Hall–Kier alpha value is -2.34. The van der Waals surface area contributed by atoms with Gasteiger partial charge in [0, 0.05) is 37.4 Å². The summed E-state index contributed by atoms with van der Waals surface area (Å²) >= 11 is 0. The number of hydrogen-bond donors (Lipinski definition) is 2. The van der Waals surface area contributed by atoms with Gasteiger partial charge in [-0.15, -0.1) is 0 Å². The van der Waals surface area contributed by atoms with E-state index < -0.39 is 11.6 Å². The zero-order valence-electron chi connectivity index (χ0n) is 13.2. The van der Waals surface area contributed by atoms with E-state index in [9.17, 15) is 18.7 Å². The summed E-state index contributed by atoms with van der Waals surface area (Å²) in [6.07, 6.45) is 2.41. The number of benzene rings is 1. The number of carbonyl (C=O) groups is 1. The molecule has 0 fully saturated rings. The smallest absolute Gasteiger partial charge is 0.220 e. The van der Waals surface area contributed by atoms with Gasteiger partial charge in [-0.3, -0.25) is 9.78 Å². The van der Waals surface area contributed by atoms with Gasteiger partial charge < -0.3 is 10.4 Å². The van der Waals surface area contributed by atoms with Gasteiger partial charge in [0.25, 0.3) is 0 Å². The standard InChI is InChI=1S/C18H20F2N2O2/c19-16-6-3-4-14(18(16)20)7-8-17(24)22-11-13(12-23)10-15-5-1-2-9-21-15/h1-6,9,13,23H,7-8,10-12H2,(H,22,24). The Morgan fingerprint density at radius 1 is 1.21 bits per heavy atom. The molecule has 2 N–H and O–H groups in total. The first-order valence-corrected chi connectivity index (χ1v) is 7.80. The van der Waals surface area contributed by atoms with Gasteiger partial charge in [0.2, 0.25) is 5.91 Å². The maximum Gasteiger partial charge on any atom is 0.220 e. The number of carbonyl (C=O) groups excluding carboxylic acids is 1. The van der Waals surface area contributed by atoms with E-state index in [2.05, 4.69) is 10.3 Å². The van der Waals surface area contributed by atoms with Crippen LogP contribution in [0.1, 0.15) is 17.7 Å². The molecule has 0 aliphatic rings. The molecular weight excluding hydrogens is 314 g/mol. The number of rotatable bonds is 8. The number of halogens is 2. The van der Waals surface area contributed by atoms with Crippen molar-refractivity contribution in [2.24, 2.45) is 5.92 Å². The molecule has 1 amide bonds. The second-order valence-corrected chi connectivity index (χ2v) is 5.59. The van der Waals surface area contributed by atoms with E-state index in [0.717, 1.165) is 11.8 Å². The maximum atomic E-state index is 13.5. The van der Waals surface area contributed by atoms with Gasteiger partial charge in [0.05, 0.1) is 0 Å². The van der Waals surface area contributed by atoms with Gasteiger partial charge in [-0.05, 0) is 36.6 Å². The third-order valence-corrected chi connectivity index (χ3v) is 3.72. The molecule has 1 aromatic heterocycles. The second kappa shape index (κ2) is 9.08. The Labute approximate surface area is 139 Å². The quantitative estimate of drug-likeness (QED) is 0.778. The number of aliphatic hydroxyl groups excluding tert-OH is 1. The minimum atomic E-state index is -0.913. The van der Waals surface area contributed by atoms with Crippen LogP contribution in [0.2, 0.25) is 0 Å². The van der Waals surface area contributed by atoms with Crippen molar-refractivity contribution in [2.45, 2.75) is 19.3 Å². The van der Waals surface area contributed by atoms with Crippen molar-refractivity contribution < 1.29 is 18.7 Å². The van der Waals surface area contributed by atoms with Gasteiger partial charge in [0.1, 0.15) is 0 Å². The van der Waals surface area contributed by atoms with Crippen LogP contribution in [0.25, 0.3) is 0 Å². The molecular formula is C18H20F2N2O2. The highest BCUT2D eigenvalue weighted by molar-refractivity contribution is 5.76. The Balaban J connectivity index is 1.78. The number of hydrogen-bond acceptors (Lipinski definition) is 3. The third kappa shape index (κ3) is 5.38. The Bertz CT molecular complexity index is 665.